The Kier molecular flexibility index (Phi) is 6.56. The second-order valence-corrected chi connectivity index (χ2v) is 11.7. The Hall–Kier alpha value is -0.840. The van der Waals surface area contributed by atoms with Gasteiger partial charge < -0.3 is 0 Å². The summed E-state index contributed by atoms with van der Waals surface area (Å²) in [6, 6.07) is 2.37. The van der Waals surface area contributed by atoms with E-state index in [1.807, 2.05) is 0 Å². The lowest BCUT2D eigenvalue weighted by Gasteiger charge is -2.32. The molecular formula is C16H21ClF3NO4S2. The van der Waals surface area contributed by atoms with E-state index in [1.54, 1.807) is 13.8 Å². The van der Waals surface area contributed by atoms with E-state index in [-0.39, 0.29) is 24.8 Å². The molecule has 0 aromatic heterocycles. The van der Waals surface area contributed by atoms with Gasteiger partial charge in [0, 0.05) is 13.1 Å². The van der Waals surface area contributed by atoms with Crippen LogP contribution in [0.4, 0.5) is 13.2 Å². The van der Waals surface area contributed by atoms with Crippen LogP contribution in [0, 0.1) is 5.92 Å². The maximum atomic E-state index is 13.0. The van der Waals surface area contributed by atoms with Crippen molar-refractivity contribution in [3.8, 4) is 0 Å². The number of hydrogen-bond donors (Lipinski definition) is 0. The maximum absolute atomic E-state index is 13.0. The van der Waals surface area contributed by atoms with Crippen LogP contribution in [-0.2, 0) is 26.0 Å². The average molecular weight is 448 g/mol. The molecule has 0 bridgehead atoms. The van der Waals surface area contributed by atoms with Crippen molar-refractivity contribution in [2.24, 2.45) is 5.92 Å². The SMILES string of the molecule is CC(C)CS(=O)(=O)C1CCCN(S(=O)(=O)c2ccc(Cl)c(C(F)(F)F)c2)C1. The van der Waals surface area contributed by atoms with Crippen molar-refractivity contribution in [2.45, 2.75) is 43.0 Å². The number of sulfonamides is 1. The molecule has 5 nitrogen and oxygen atoms in total. The first-order chi connectivity index (χ1) is 12.2. The van der Waals surface area contributed by atoms with E-state index >= 15 is 0 Å². The van der Waals surface area contributed by atoms with Gasteiger partial charge in [0.05, 0.1) is 26.5 Å². The number of hydrogen-bond acceptors (Lipinski definition) is 4. The molecule has 0 aliphatic carbocycles. The fraction of sp³-hybridized carbons (Fsp3) is 0.625. The van der Waals surface area contributed by atoms with Crippen molar-refractivity contribution in [3.63, 3.8) is 0 Å². The molecule has 1 aliphatic rings. The zero-order chi connectivity index (χ0) is 20.6. The molecule has 0 saturated carbocycles. The number of alkyl halides is 3. The second-order valence-electron chi connectivity index (χ2n) is 6.99. The zero-order valence-corrected chi connectivity index (χ0v) is 17.2. The molecule has 0 radical (unpaired) electrons. The summed E-state index contributed by atoms with van der Waals surface area (Å²) in [5, 5.41) is -1.46. The highest BCUT2D eigenvalue weighted by molar-refractivity contribution is 7.92. The van der Waals surface area contributed by atoms with Gasteiger partial charge in [-0.3, -0.25) is 0 Å². The highest BCUT2D eigenvalue weighted by atomic mass is 35.5. The van der Waals surface area contributed by atoms with Gasteiger partial charge in [-0.2, -0.15) is 17.5 Å². The number of halogens is 4. The van der Waals surface area contributed by atoms with Crippen molar-refractivity contribution >= 4 is 31.5 Å². The molecule has 0 N–H and O–H groups in total. The minimum Gasteiger partial charge on any atom is -0.228 e. The predicted octanol–water partition coefficient (Wildman–Crippen LogP) is 3.58. The minimum absolute atomic E-state index is 0.0556. The minimum atomic E-state index is -4.80. The van der Waals surface area contributed by atoms with Crippen LogP contribution in [0.15, 0.2) is 23.1 Å². The van der Waals surface area contributed by atoms with Crippen LogP contribution in [0.25, 0.3) is 0 Å². The summed E-state index contributed by atoms with van der Waals surface area (Å²) < 4.78 is 90.5. The molecule has 27 heavy (non-hydrogen) atoms. The van der Waals surface area contributed by atoms with E-state index in [0.29, 0.717) is 18.9 Å². The van der Waals surface area contributed by atoms with Crippen molar-refractivity contribution in [1.82, 2.24) is 4.31 Å². The molecular weight excluding hydrogens is 427 g/mol. The lowest BCUT2D eigenvalue weighted by atomic mass is 10.2. The smallest absolute Gasteiger partial charge is 0.228 e. The average Bonchev–Trinajstić information content (AvgIpc) is 2.53. The van der Waals surface area contributed by atoms with Crippen LogP contribution in [0.5, 0.6) is 0 Å². The molecule has 0 amide bonds. The van der Waals surface area contributed by atoms with Gasteiger partial charge in [0.1, 0.15) is 0 Å². The predicted molar refractivity (Wildman–Crippen MR) is 96.9 cm³/mol. The fourth-order valence-corrected chi connectivity index (χ4v) is 7.05. The number of piperidine rings is 1. The van der Waals surface area contributed by atoms with Crippen LogP contribution < -0.4 is 0 Å². The molecule has 2 rings (SSSR count). The van der Waals surface area contributed by atoms with Gasteiger partial charge in [-0.05, 0) is 37.0 Å². The third-order valence-electron chi connectivity index (χ3n) is 4.30. The summed E-state index contributed by atoms with van der Waals surface area (Å²) in [7, 11) is -7.78. The van der Waals surface area contributed by atoms with Crippen molar-refractivity contribution in [2.75, 3.05) is 18.8 Å². The van der Waals surface area contributed by atoms with Gasteiger partial charge in [-0.1, -0.05) is 25.4 Å². The van der Waals surface area contributed by atoms with E-state index < -0.39 is 46.8 Å². The van der Waals surface area contributed by atoms with E-state index in [2.05, 4.69) is 0 Å². The number of benzene rings is 1. The Morgan fingerprint density at radius 3 is 2.41 bits per heavy atom. The van der Waals surface area contributed by atoms with Gasteiger partial charge in [0.2, 0.25) is 10.0 Å². The Labute approximate surface area is 162 Å². The van der Waals surface area contributed by atoms with Crippen molar-refractivity contribution < 1.29 is 30.0 Å². The summed E-state index contributed by atoms with van der Waals surface area (Å²) >= 11 is 5.54. The fourth-order valence-electron chi connectivity index (χ4n) is 3.05. The molecule has 0 spiro atoms. The van der Waals surface area contributed by atoms with Crippen LogP contribution in [0.3, 0.4) is 0 Å². The third kappa shape index (κ3) is 5.16. The summed E-state index contributed by atoms with van der Waals surface area (Å²) in [6.45, 7) is 3.30. The molecule has 1 aromatic carbocycles. The lowest BCUT2D eigenvalue weighted by Crippen LogP contribution is -2.46. The second kappa shape index (κ2) is 7.88. The lowest BCUT2D eigenvalue weighted by molar-refractivity contribution is -0.137. The zero-order valence-electron chi connectivity index (χ0n) is 14.8. The standard InChI is InChI=1S/C16H21ClF3NO4S2/c1-11(2)10-26(22,23)13-4-3-7-21(9-13)27(24,25)12-5-6-15(17)14(8-12)16(18,19)20/h5-6,8,11,13H,3-4,7,9-10H2,1-2H3. The van der Waals surface area contributed by atoms with Gasteiger partial charge in [0.15, 0.2) is 9.84 Å². The Morgan fingerprint density at radius 2 is 1.85 bits per heavy atom. The molecule has 1 fully saturated rings. The van der Waals surface area contributed by atoms with Gasteiger partial charge in [-0.15, -0.1) is 0 Å². The first-order valence-corrected chi connectivity index (χ1v) is 11.9. The molecule has 1 heterocycles. The molecule has 1 aromatic rings. The highest BCUT2D eigenvalue weighted by Gasteiger charge is 2.38. The summed E-state index contributed by atoms with van der Waals surface area (Å²) in [5.41, 5.74) is -1.24. The Morgan fingerprint density at radius 1 is 1.22 bits per heavy atom. The number of sulfone groups is 1. The quantitative estimate of drug-likeness (QED) is 0.691. The van der Waals surface area contributed by atoms with Crippen LogP contribution in [0.1, 0.15) is 32.3 Å². The first-order valence-electron chi connectivity index (χ1n) is 8.33. The van der Waals surface area contributed by atoms with Crippen LogP contribution in [-0.4, -0.2) is 45.2 Å². The number of nitrogens with zero attached hydrogens (tertiary/aromatic N) is 1. The topological polar surface area (TPSA) is 71.5 Å². The molecule has 1 atom stereocenters. The van der Waals surface area contributed by atoms with Gasteiger partial charge in [0.25, 0.3) is 0 Å². The molecule has 1 unspecified atom stereocenters. The van der Waals surface area contributed by atoms with Crippen LogP contribution >= 0.6 is 11.6 Å². The van der Waals surface area contributed by atoms with E-state index in [1.165, 1.54) is 0 Å². The Bertz CT molecular complexity index is 899. The van der Waals surface area contributed by atoms with Crippen molar-refractivity contribution in [1.29, 1.82) is 0 Å². The monoisotopic (exact) mass is 447 g/mol. The first kappa shape index (κ1) is 22.4. The van der Waals surface area contributed by atoms with Crippen molar-refractivity contribution in [3.05, 3.63) is 28.8 Å². The van der Waals surface area contributed by atoms with Gasteiger partial charge >= 0.3 is 6.18 Å². The largest absolute Gasteiger partial charge is 0.417 e. The summed E-state index contributed by atoms with van der Waals surface area (Å²) in [4.78, 5) is -0.555. The molecule has 1 aliphatic heterocycles. The number of rotatable bonds is 5. The van der Waals surface area contributed by atoms with E-state index in [0.717, 1.165) is 16.4 Å². The van der Waals surface area contributed by atoms with Crippen LogP contribution in [0.2, 0.25) is 5.02 Å². The molecule has 154 valence electrons. The third-order valence-corrected chi connectivity index (χ3v) is 9.02. The molecule has 11 heteroatoms. The maximum Gasteiger partial charge on any atom is 0.417 e. The highest BCUT2D eigenvalue weighted by Crippen LogP contribution is 2.36. The van der Waals surface area contributed by atoms with E-state index in [4.69, 9.17) is 11.6 Å². The Balaban J connectivity index is 2.34. The van der Waals surface area contributed by atoms with E-state index in [9.17, 15) is 30.0 Å². The van der Waals surface area contributed by atoms with Gasteiger partial charge in [-0.25, -0.2) is 16.8 Å². The summed E-state index contributed by atoms with van der Waals surface area (Å²) in [5.74, 6) is -0.169. The molecule has 1 saturated heterocycles. The normalized spacial score (nSPS) is 20.2. The summed E-state index contributed by atoms with van der Waals surface area (Å²) in [6.07, 6.45) is -4.15.